The fourth-order valence-corrected chi connectivity index (χ4v) is 6.79. The van der Waals surface area contributed by atoms with Gasteiger partial charge in [-0.1, -0.05) is 209 Å². The van der Waals surface area contributed by atoms with E-state index in [4.69, 9.17) is 24.3 Å². The topological polar surface area (TPSA) is 134 Å². The number of phosphoric ester groups is 1. The number of carbonyl (C=O) groups is 2. The van der Waals surface area contributed by atoms with Crippen molar-refractivity contribution in [3.8, 4) is 0 Å². The van der Waals surface area contributed by atoms with Crippen LogP contribution in [0.5, 0.6) is 0 Å². The normalized spacial score (nSPS) is 14.6. The van der Waals surface area contributed by atoms with Crippen LogP contribution in [-0.4, -0.2) is 49.3 Å². The molecule has 9 nitrogen and oxygen atoms in total. The summed E-state index contributed by atoms with van der Waals surface area (Å²) in [6.07, 6.45) is 82.6. The maximum absolute atomic E-state index is 12.6. The number of allylic oxidation sites excluding steroid dienone is 29. The molecule has 0 amide bonds. The largest absolute Gasteiger partial charge is 0.472 e. The maximum Gasteiger partial charge on any atom is 0.472 e. The van der Waals surface area contributed by atoms with Crippen molar-refractivity contribution in [1.82, 2.24) is 0 Å². The van der Waals surface area contributed by atoms with E-state index in [0.29, 0.717) is 12.8 Å². The molecule has 0 aromatic rings. The second kappa shape index (κ2) is 54.4. The number of ether oxygens (including phenoxy) is 2. The summed E-state index contributed by atoms with van der Waals surface area (Å²) in [6, 6.07) is 0. The SMILES string of the molecule is CC/C=C\C/C=C\C/C=C\C/C=C\C/C=C\C/C=C\C/C=C\C/C=C\C/C=C\C/C=C\CCCCCCC(=O)OC(COC(=O)C/C=C\C/C=C\C/C=C\C/C=C\C/C=C\CC)COP(=O)(O)OCCN. The Kier molecular flexibility index (Phi) is 50.7. The molecule has 71 heavy (non-hydrogen) atoms. The lowest BCUT2D eigenvalue weighted by atomic mass is 10.1. The van der Waals surface area contributed by atoms with E-state index < -0.39 is 32.5 Å². The van der Waals surface area contributed by atoms with Gasteiger partial charge in [-0.2, -0.15) is 0 Å². The Morgan fingerprint density at radius 3 is 1.14 bits per heavy atom. The molecular weight excluding hydrogens is 906 g/mol. The second-order valence-corrected chi connectivity index (χ2v) is 17.7. The molecule has 2 unspecified atom stereocenters. The molecule has 394 valence electrons. The lowest BCUT2D eigenvalue weighted by Crippen LogP contribution is -2.29. The van der Waals surface area contributed by atoms with Gasteiger partial charge in [0, 0.05) is 13.0 Å². The van der Waals surface area contributed by atoms with Crippen LogP contribution in [0.25, 0.3) is 0 Å². The zero-order valence-corrected chi connectivity index (χ0v) is 44.5. The van der Waals surface area contributed by atoms with Crippen molar-refractivity contribution in [2.45, 2.75) is 161 Å². The van der Waals surface area contributed by atoms with E-state index in [-0.39, 0.29) is 32.6 Å². The summed E-state index contributed by atoms with van der Waals surface area (Å²) < 4.78 is 32.7. The lowest BCUT2D eigenvalue weighted by molar-refractivity contribution is -0.160. The van der Waals surface area contributed by atoms with Gasteiger partial charge in [0.05, 0.1) is 19.6 Å². The van der Waals surface area contributed by atoms with Crippen molar-refractivity contribution in [2.75, 3.05) is 26.4 Å². The predicted octanol–water partition coefficient (Wildman–Crippen LogP) is 16.5. The van der Waals surface area contributed by atoms with Crippen LogP contribution in [0, 0.1) is 0 Å². The second-order valence-electron chi connectivity index (χ2n) is 16.3. The molecule has 0 spiro atoms. The summed E-state index contributed by atoms with van der Waals surface area (Å²) in [5, 5.41) is 0. The zero-order chi connectivity index (χ0) is 51.7. The quantitative estimate of drug-likeness (QED) is 0.0264. The average molecular weight is 998 g/mol. The Morgan fingerprint density at radius 2 is 0.775 bits per heavy atom. The summed E-state index contributed by atoms with van der Waals surface area (Å²) >= 11 is 0. The molecule has 0 radical (unpaired) electrons. The molecule has 0 saturated heterocycles. The Hall–Kier alpha value is -4.89. The number of hydrogen-bond donors (Lipinski definition) is 2. The van der Waals surface area contributed by atoms with Gasteiger partial charge in [0.2, 0.25) is 0 Å². The highest BCUT2D eigenvalue weighted by Gasteiger charge is 2.25. The van der Waals surface area contributed by atoms with E-state index in [2.05, 4.69) is 178 Å². The van der Waals surface area contributed by atoms with Crippen LogP contribution in [0.3, 0.4) is 0 Å². The van der Waals surface area contributed by atoms with E-state index in [1.807, 2.05) is 12.2 Å². The number of esters is 2. The molecule has 0 aliphatic carbocycles. The minimum atomic E-state index is -4.43. The van der Waals surface area contributed by atoms with Crippen molar-refractivity contribution in [2.24, 2.45) is 5.73 Å². The van der Waals surface area contributed by atoms with Crippen LogP contribution >= 0.6 is 7.82 Å². The van der Waals surface area contributed by atoms with Crippen LogP contribution < -0.4 is 5.73 Å². The highest BCUT2D eigenvalue weighted by molar-refractivity contribution is 7.47. The van der Waals surface area contributed by atoms with Crippen molar-refractivity contribution in [3.63, 3.8) is 0 Å². The Balaban J connectivity index is 4.20. The summed E-state index contributed by atoms with van der Waals surface area (Å²) in [6.45, 7) is 3.32. The van der Waals surface area contributed by atoms with Crippen molar-refractivity contribution in [3.05, 3.63) is 182 Å². The minimum absolute atomic E-state index is 0.0264. The summed E-state index contributed by atoms with van der Waals surface area (Å²) in [5.41, 5.74) is 5.35. The third-order valence-corrected chi connectivity index (χ3v) is 10.8. The highest BCUT2D eigenvalue weighted by Crippen LogP contribution is 2.43. The number of hydrogen-bond acceptors (Lipinski definition) is 8. The molecule has 3 N–H and O–H groups in total. The van der Waals surface area contributed by atoms with Crippen LogP contribution in [0.2, 0.25) is 0 Å². The summed E-state index contributed by atoms with van der Waals surface area (Å²) in [5.74, 6) is -1.03. The molecular formula is C61H92NO8P. The maximum atomic E-state index is 12.6. The first-order valence-corrected chi connectivity index (χ1v) is 27.8. The van der Waals surface area contributed by atoms with Crippen molar-refractivity contribution >= 4 is 19.8 Å². The first-order chi connectivity index (χ1) is 34.8. The predicted molar refractivity (Wildman–Crippen MR) is 302 cm³/mol. The first kappa shape index (κ1) is 66.1. The van der Waals surface area contributed by atoms with Gasteiger partial charge in [0.15, 0.2) is 6.10 Å². The smallest absolute Gasteiger partial charge is 0.461 e. The number of nitrogens with two attached hydrogens (primary N) is 1. The van der Waals surface area contributed by atoms with Gasteiger partial charge < -0.3 is 20.1 Å². The number of phosphoric acid groups is 1. The van der Waals surface area contributed by atoms with Gasteiger partial charge in [0.25, 0.3) is 0 Å². The third-order valence-electron chi connectivity index (χ3n) is 9.82. The fraction of sp³-hybridized carbons (Fsp3) is 0.475. The molecule has 10 heteroatoms. The molecule has 0 aromatic carbocycles. The molecule has 0 fully saturated rings. The van der Waals surface area contributed by atoms with Gasteiger partial charge in [-0.25, -0.2) is 4.57 Å². The highest BCUT2D eigenvalue weighted by atomic mass is 31.2. The van der Waals surface area contributed by atoms with Gasteiger partial charge in [-0.15, -0.1) is 0 Å². The zero-order valence-electron chi connectivity index (χ0n) is 43.6. The fourth-order valence-electron chi connectivity index (χ4n) is 6.03. The molecule has 0 bridgehead atoms. The van der Waals surface area contributed by atoms with Gasteiger partial charge >= 0.3 is 19.8 Å². The number of rotatable bonds is 46. The van der Waals surface area contributed by atoms with E-state index in [0.717, 1.165) is 116 Å². The van der Waals surface area contributed by atoms with Crippen LogP contribution in [0.1, 0.15) is 155 Å². The first-order valence-electron chi connectivity index (χ1n) is 26.3. The van der Waals surface area contributed by atoms with Crippen LogP contribution in [0.4, 0.5) is 0 Å². The lowest BCUT2D eigenvalue weighted by Gasteiger charge is -2.19. The molecule has 0 saturated carbocycles. The molecule has 0 aliphatic rings. The van der Waals surface area contributed by atoms with E-state index in [1.54, 1.807) is 6.08 Å². The van der Waals surface area contributed by atoms with E-state index in [9.17, 15) is 19.0 Å². The van der Waals surface area contributed by atoms with Crippen LogP contribution in [-0.2, 0) is 32.7 Å². The number of unbranched alkanes of at least 4 members (excludes halogenated alkanes) is 4. The molecule has 0 rings (SSSR count). The van der Waals surface area contributed by atoms with Crippen molar-refractivity contribution < 1.29 is 37.6 Å². The van der Waals surface area contributed by atoms with E-state index in [1.165, 1.54) is 0 Å². The van der Waals surface area contributed by atoms with Crippen molar-refractivity contribution in [1.29, 1.82) is 0 Å². The summed E-state index contributed by atoms with van der Waals surface area (Å²) in [4.78, 5) is 34.9. The van der Waals surface area contributed by atoms with Gasteiger partial charge in [0.1, 0.15) is 6.61 Å². The average Bonchev–Trinajstić information content (AvgIpc) is 3.36. The Bertz CT molecular complexity index is 1800. The molecule has 0 aliphatic heterocycles. The van der Waals surface area contributed by atoms with Crippen LogP contribution in [0.15, 0.2) is 182 Å². The summed E-state index contributed by atoms with van der Waals surface area (Å²) in [7, 11) is -4.43. The third kappa shape index (κ3) is 54.3. The molecule has 0 aromatic heterocycles. The number of carbonyl (C=O) groups excluding carboxylic acids is 2. The Labute approximate surface area is 431 Å². The Morgan fingerprint density at radius 1 is 0.437 bits per heavy atom. The molecule has 0 heterocycles. The van der Waals surface area contributed by atoms with Gasteiger partial charge in [-0.3, -0.25) is 18.6 Å². The monoisotopic (exact) mass is 998 g/mol. The van der Waals surface area contributed by atoms with E-state index >= 15 is 0 Å². The molecule has 2 atom stereocenters. The minimum Gasteiger partial charge on any atom is -0.461 e. The van der Waals surface area contributed by atoms with Gasteiger partial charge in [-0.05, 0) is 116 Å². The standard InChI is InChI=1S/C61H92NO8P/c1-3-5-7-9-11-13-15-17-19-20-21-22-23-24-25-26-27-28-29-30-31-32-33-34-35-36-37-38-40-42-44-46-48-50-52-54-61(64)70-59(58-69-71(65,66)68-56-55-62)57-67-60(63)53-51-49-47-45-43-41-39-18-16-14-12-10-8-6-4-2/h5-8,11-14,17-19,21-22,24-25,27-28,30-31,33-34,36-37,39-40,42-43,45,49,51,59H,3-4,9-10,15-16,20,23,26,29,32,35,38,41,44,46-48,50,52-58,62H2,1-2H3,(H,65,66)/b7-5-,8-6-,13-11-,14-12-,19-17-,22-21-,25-24-,28-27-,31-30-,34-33-,37-36-,39-18-,42-40-,45-43-,51-49-.